The van der Waals surface area contributed by atoms with Crippen molar-refractivity contribution in [2.45, 2.75) is 47.1 Å². The van der Waals surface area contributed by atoms with Crippen molar-refractivity contribution in [3.05, 3.63) is 23.8 Å². The van der Waals surface area contributed by atoms with Crippen molar-refractivity contribution in [3.63, 3.8) is 0 Å². The lowest BCUT2D eigenvalue weighted by Gasteiger charge is -2.27. The Morgan fingerprint density at radius 1 is 1.19 bits per heavy atom. The lowest BCUT2D eigenvalue weighted by atomic mass is 9.98. The second-order valence-electron chi connectivity index (χ2n) is 7.24. The average molecular weight is 365 g/mol. The number of hydrogen-bond acceptors (Lipinski definition) is 6. The molecule has 0 radical (unpaired) electrons. The fraction of sp³-hybridized carbons (Fsp3) is 0.579. The van der Waals surface area contributed by atoms with E-state index in [1.54, 1.807) is 25.7 Å². The molecule has 1 atom stereocenters. The van der Waals surface area contributed by atoms with E-state index in [9.17, 15) is 9.59 Å². The highest BCUT2D eigenvalue weighted by molar-refractivity contribution is 5.75. The van der Waals surface area contributed by atoms with E-state index in [-0.39, 0.29) is 19.6 Å². The van der Waals surface area contributed by atoms with Crippen LogP contribution in [0.3, 0.4) is 0 Å². The summed E-state index contributed by atoms with van der Waals surface area (Å²) in [6.07, 6.45) is 0.129. The molecule has 1 unspecified atom stereocenters. The van der Waals surface area contributed by atoms with Crippen molar-refractivity contribution in [3.8, 4) is 11.5 Å². The van der Waals surface area contributed by atoms with Crippen LogP contribution >= 0.6 is 0 Å². The van der Waals surface area contributed by atoms with Gasteiger partial charge in [0.1, 0.15) is 0 Å². The second-order valence-corrected chi connectivity index (χ2v) is 7.24. The zero-order valence-corrected chi connectivity index (χ0v) is 16.0. The standard InChI is InChI=1S/C19H27NO6/c1-6-20(18(22)26-12-25-17(21)19(3,4)5)13(2)9-14-7-8-15-16(10-14)24-11-23-15/h7-8,10,13H,6,9,11-12H2,1-5H3. The molecule has 26 heavy (non-hydrogen) atoms. The molecule has 0 saturated carbocycles. The maximum absolute atomic E-state index is 12.3. The van der Waals surface area contributed by atoms with Gasteiger partial charge in [0, 0.05) is 12.6 Å². The highest BCUT2D eigenvalue weighted by Gasteiger charge is 2.25. The third kappa shape index (κ3) is 5.03. The largest absolute Gasteiger partial charge is 0.454 e. The van der Waals surface area contributed by atoms with Gasteiger partial charge in [-0.3, -0.25) is 4.79 Å². The number of fused-ring (bicyclic) bond motifs is 1. The van der Waals surface area contributed by atoms with Crippen molar-refractivity contribution in [1.29, 1.82) is 0 Å². The minimum atomic E-state index is -0.635. The molecule has 7 nitrogen and oxygen atoms in total. The van der Waals surface area contributed by atoms with Crippen LogP contribution in [0.2, 0.25) is 0 Å². The van der Waals surface area contributed by atoms with Crippen LogP contribution in [0.1, 0.15) is 40.2 Å². The Bertz CT molecular complexity index is 652. The Hall–Kier alpha value is -2.44. The fourth-order valence-electron chi connectivity index (χ4n) is 2.57. The molecule has 0 N–H and O–H groups in total. The second kappa shape index (κ2) is 8.29. The van der Waals surface area contributed by atoms with E-state index in [1.165, 1.54) is 0 Å². The predicted molar refractivity (Wildman–Crippen MR) is 95.0 cm³/mol. The zero-order valence-electron chi connectivity index (χ0n) is 16.0. The molecular formula is C19H27NO6. The van der Waals surface area contributed by atoms with Crippen molar-refractivity contribution in [2.24, 2.45) is 5.41 Å². The van der Waals surface area contributed by atoms with Crippen LogP contribution in [-0.4, -0.2) is 43.1 Å². The Morgan fingerprint density at radius 2 is 1.88 bits per heavy atom. The summed E-state index contributed by atoms with van der Waals surface area (Å²) in [7, 11) is 0. The SMILES string of the molecule is CCN(C(=O)OCOC(=O)C(C)(C)C)C(C)Cc1ccc2c(c1)OCO2. The Kier molecular flexibility index (Phi) is 6.34. The molecule has 1 aromatic rings. The smallest absolute Gasteiger partial charge is 0.412 e. The quantitative estimate of drug-likeness (QED) is 0.568. The molecule has 144 valence electrons. The minimum absolute atomic E-state index is 0.0915. The zero-order chi connectivity index (χ0) is 19.3. The normalized spacial score (nSPS) is 13.9. The first kappa shape index (κ1) is 19.9. The number of carbonyl (C=O) groups is 2. The first-order valence-corrected chi connectivity index (χ1v) is 8.71. The number of nitrogens with zero attached hydrogens (tertiary/aromatic N) is 1. The Morgan fingerprint density at radius 3 is 2.54 bits per heavy atom. The van der Waals surface area contributed by atoms with Gasteiger partial charge >= 0.3 is 12.1 Å². The molecule has 1 aromatic carbocycles. The van der Waals surface area contributed by atoms with Gasteiger partial charge in [-0.2, -0.15) is 0 Å². The number of hydrogen-bond donors (Lipinski definition) is 0. The molecule has 0 bridgehead atoms. The number of ether oxygens (including phenoxy) is 4. The summed E-state index contributed by atoms with van der Waals surface area (Å²) in [5, 5.41) is 0. The molecule has 1 amide bonds. The summed E-state index contributed by atoms with van der Waals surface area (Å²) in [5.41, 5.74) is 0.399. The minimum Gasteiger partial charge on any atom is -0.454 e. The summed E-state index contributed by atoms with van der Waals surface area (Å²) in [6.45, 7) is 9.36. The molecule has 1 aliphatic heterocycles. The molecule has 0 aromatic heterocycles. The van der Waals surface area contributed by atoms with E-state index < -0.39 is 17.5 Å². The third-order valence-corrected chi connectivity index (χ3v) is 4.06. The molecule has 0 saturated heterocycles. The molecule has 1 heterocycles. The van der Waals surface area contributed by atoms with Gasteiger partial charge in [0.15, 0.2) is 11.5 Å². The van der Waals surface area contributed by atoms with E-state index >= 15 is 0 Å². The topological polar surface area (TPSA) is 74.3 Å². The number of esters is 1. The van der Waals surface area contributed by atoms with Gasteiger partial charge in [0.25, 0.3) is 0 Å². The Labute approximate surface area is 154 Å². The lowest BCUT2D eigenvalue weighted by Crippen LogP contribution is -2.40. The van der Waals surface area contributed by atoms with Crippen molar-refractivity contribution in [2.75, 3.05) is 20.1 Å². The van der Waals surface area contributed by atoms with Gasteiger partial charge < -0.3 is 23.8 Å². The monoisotopic (exact) mass is 365 g/mol. The maximum atomic E-state index is 12.3. The highest BCUT2D eigenvalue weighted by atomic mass is 16.7. The summed E-state index contributed by atoms with van der Waals surface area (Å²) < 4.78 is 20.8. The summed E-state index contributed by atoms with van der Waals surface area (Å²) >= 11 is 0. The number of carbonyl (C=O) groups excluding carboxylic acids is 2. The predicted octanol–water partition coefficient (Wildman–Crippen LogP) is 3.35. The molecule has 1 aliphatic rings. The molecule has 2 rings (SSSR count). The average Bonchev–Trinajstić information content (AvgIpc) is 3.02. The Balaban J connectivity index is 1.88. The van der Waals surface area contributed by atoms with Crippen LogP contribution in [0.4, 0.5) is 4.79 Å². The molecule has 7 heteroatoms. The van der Waals surface area contributed by atoms with Gasteiger partial charge in [-0.05, 0) is 58.7 Å². The highest BCUT2D eigenvalue weighted by Crippen LogP contribution is 2.33. The number of amides is 1. The molecular weight excluding hydrogens is 338 g/mol. The van der Waals surface area contributed by atoms with E-state index in [2.05, 4.69) is 0 Å². The van der Waals surface area contributed by atoms with Crippen molar-refractivity contribution in [1.82, 2.24) is 4.90 Å². The summed E-state index contributed by atoms with van der Waals surface area (Å²) in [5.74, 6) is 1.03. The molecule has 0 spiro atoms. The van der Waals surface area contributed by atoms with E-state index in [0.717, 1.165) is 17.1 Å². The van der Waals surface area contributed by atoms with Gasteiger partial charge in [-0.1, -0.05) is 6.07 Å². The van der Waals surface area contributed by atoms with E-state index in [4.69, 9.17) is 18.9 Å². The lowest BCUT2D eigenvalue weighted by molar-refractivity contribution is -0.162. The number of likely N-dealkylation sites (N-methyl/N-ethyl adjacent to an activating group) is 1. The maximum Gasteiger partial charge on any atom is 0.412 e. The van der Waals surface area contributed by atoms with Crippen LogP contribution < -0.4 is 9.47 Å². The van der Waals surface area contributed by atoms with Crippen LogP contribution in [0.15, 0.2) is 18.2 Å². The molecule has 0 fully saturated rings. The van der Waals surface area contributed by atoms with E-state index in [0.29, 0.717) is 13.0 Å². The van der Waals surface area contributed by atoms with Gasteiger partial charge in [-0.25, -0.2) is 4.79 Å². The first-order chi connectivity index (χ1) is 12.2. The van der Waals surface area contributed by atoms with E-state index in [1.807, 2.05) is 32.0 Å². The van der Waals surface area contributed by atoms with Gasteiger partial charge in [0.05, 0.1) is 5.41 Å². The van der Waals surface area contributed by atoms with Crippen LogP contribution in [-0.2, 0) is 20.7 Å². The van der Waals surface area contributed by atoms with Crippen LogP contribution in [0.5, 0.6) is 11.5 Å². The number of benzene rings is 1. The summed E-state index contributed by atoms with van der Waals surface area (Å²) in [4.78, 5) is 25.6. The van der Waals surface area contributed by atoms with Crippen molar-refractivity contribution < 1.29 is 28.5 Å². The first-order valence-electron chi connectivity index (χ1n) is 8.71. The number of rotatable bonds is 6. The van der Waals surface area contributed by atoms with Gasteiger partial charge in [-0.15, -0.1) is 0 Å². The summed E-state index contributed by atoms with van der Waals surface area (Å²) in [6, 6.07) is 5.65. The van der Waals surface area contributed by atoms with Crippen LogP contribution in [0, 0.1) is 5.41 Å². The fourth-order valence-corrected chi connectivity index (χ4v) is 2.57. The van der Waals surface area contributed by atoms with Gasteiger partial charge in [0.2, 0.25) is 13.6 Å². The van der Waals surface area contributed by atoms with Crippen molar-refractivity contribution >= 4 is 12.1 Å². The van der Waals surface area contributed by atoms with Crippen LogP contribution in [0.25, 0.3) is 0 Å². The third-order valence-electron chi connectivity index (χ3n) is 4.06. The molecule has 0 aliphatic carbocycles.